The zero-order valence-corrected chi connectivity index (χ0v) is 23.1. The van der Waals surface area contributed by atoms with Crippen LogP contribution in [-0.2, 0) is 19.1 Å². The summed E-state index contributed by atoms with van der Waals surface area (Å²) in [6, 6.07) is 0. The van der Waals surface area contributed by atoms with Gasteiger partial charge in [-0.15, -0.1) is 0 Å². The number of carboxylic acids is 1. The monoisotopic (exact) mass is 484 g/mol. The molecule has 8 atom stereocenters. The summed E-state index contributed by atoms with van der Waals surface area (Å²) in [5.74, 6) is -2.65. The topological polar surface area (TPSA) is 124 Å². The minimum Gasteiger partial charge on any atom is -0.550 e. The van der Waals surface area contributed by atoms with E-state index in [0.29, 0.717) is 37.7 Å². The number of esters is 1. The van der Waals surface area contributed by atoms with Crippen LogP contribution in [0.1, 0.15) is 79.1 Å². The van der Waals surface area contributed by atoms with Gasteiger partial charge in [-0.2, -0.15) is 0 Å². The zero-order valence-electron chi connectivity index (χ0n) is 21.1. The summed E-state index contributed by atoms with van der Waals surface area (Å²) in [6.07, 6.45) is 3.67. The van der Waals surface area contributed by atoms with Gasteiger partial charge >= 0.3 is 35.5 Å². The third-order valence-electron chi connectivity index (χ3n) is 9.78. The van der Waals surface area contributed by atoms with Crippen LogP contribution in [0.25, 0.3) is 0 Å². The van der Waals surface area contributed by atoms with Gasteiger partial charge in [-0.25, -0.2) is 0 Å². The number of hydrogen-bond acceptors (Lipinski definition) is 7. The first-order valence-electron chi connectivity index (χ1n) is 12.4. The normalized spacial score (nSPS) is 43.2. The first kappa shape index (κ1) is 27.9. The maximum atomic E-state index is 13.4. The third kappa shape index (κ3) is 4.23. The van der Waals surface area contributed by atoms with Crippen molar-refractivity contribution in [3.05, 3.63) is 11.6 Å². The van der Waals surface area contributed by atoms with Crippen molar-refractivity contribution in [2.24, 2.45) is 34.5 Å². The zero-order chi connectivity index (χ0) is 24.3. The average Bonchev–Trinajstić information content (AvgIpc) is 2.99. The molecule has 34 heavy (non-hydrogen) atoms. The number of carboxylic acid groups (broad SMARTS) is 1. The summed E-state index contributed by atoms with van der Waals surface area (Å²) in [5.41, 5.74) is -1.46. The van der Waals surface area contributed by atoms with Crippen LogP contribution in [0.2, 0.25) is 0 Å². The number of aliphatic carboxylic acids is 1. The van der Waals surface area contributed by atoms with E-state index in [4.69, 9.17) is 4.74 Å². The quantitative estimate of drug-likeness (QED) is 0.376. The molecule has 0 radical (unpaired) electrons. The molecule has 4 aliphatic rings. The van der Waals surface area contributed by atoms with Crippen molar-refractivity contribution in [1.82, 2.24) is 0 Å². The number of ketones is 1. The predicted molar refractivity (Wildman–Crippen MR) is 117 cm³/mol. The summed E-state index contributed by atoms with van der Waals surface area (Å²) < 4.78 is 5.60. The molecular weight excluding hydrogens is 447 g/mol. The summed E-state index contributed by atoms with van der Waals surface area (Å²) in [5, 5.41) is 34.3. The average molecular weight is 485 g/mol. The minimum atomic E-state index is -1.18. The van der Waals surface area contributed by atoms with E-state index in [-0.39, 0.29) is 77.5 Å². The van der Waals surface area contributed by atoms with E-state index in [1.54, 1.807) is 19.9 Å². The SMILES string of the molecule is CC(C)OC(=O)[C@H]1[C@@H]2[C@H](CC[C@@]3(C)[C@H]2CC[C@@]3(O)CCC(=O)[O-])[C@@]2(C)CCC(=O)C=C2[C@@H]1O.[Na+]. The maximum absolute atomic E-state index is 13.4. The Kier molecular flexibility index (Phi) is 7.88. The molecule has 0 aliphatic heterocycles. The molecular formula is C26H37NaO7. The molecule has 0 aromatic rings. The van der Waals surface area contributed by atoms with Crippen molar-refractivity contribution in [1.29, 1.82) is 0 Å². The largest absolute Gasteiger partial charge is 1.00 e. The van der Waals surface area contributed by atoms with Crippen molar-refractivity contribution < 1.29 is 64.0 Å². The van der Waals surface area contributed by atoms with Crippen LogP contribution in [0, 0.1) is 34.5 Å². The Morgan fingerprint density at radius 3 is 2.44 bits per heavy atom. The Labute approximate surface area is 224 Å². The fourth-order valence-corrected chi connectivity index (χ4v) is 8.03. The predicted octanol–water partition coefficient (Wildman–Crippen LogP) is -1.07. The summed E-state index contributed by atoms with van der Waals surface area (Å²) in [4.78, 5) is 36.8. The van der Waals surface area contributed by atoms with Crippen LogP contribution in [0.15, 0.2) is 11.6 Å². The minimum absolute atomic E-state index is 0. The van der Waals surface area contributed by atoms with Crippen LogP contribution in [0.3, 0.4) is 0 Å². The van der Waals surface area contributed by atoms with Gasteiger partial charge in [0.25, 0.3) is 0 Å². The van der Waals surface area contributed by atoms with Crippen LogP contribution in [-0.4, -0.2) is 45.7 Å². The second-order valence-electron chi connectivity index (χ2n) is 11.6. The smallest absolute Gasteiger partial charge is 0.550 e. The molecule has 2 N–H and O–H groups in total. The third-order valence-corrected chi connectivity index (χ3v) is 9.78. The molecule has 7 nitrogen and oxygen atoms in total. The molecule has 0 amide bonds. The van der Waals surface area contributed by atoms with Crippen molar-refractivity contribution in [2.75, 3.05) is 0 Å². The number of aliphatic hydroxyl groups excluding tert-OH is 1. The molecule has 3 fully saturated rings. The van der Waals surface area contributed by atoms with Gasteiger partial charge in [0.1, 0.15) is 0 Å². The maximum Gasteiger partial charge on any atom is 1.00 e. The Hall–Kier alpha value is -0.730. The fraction of sp³-hybridized carbons (Fsp3) is 0.808. The van der Waals surface area contributed by atoms with E-state index in [2.05, 4.69) is 6.92 Å². The van der Waals surface area contributed by atoms with Gasteiger partial charge in [0.05, 0.1) is 23.7 Å². The number of carbonyl (C=O) groups excluding carboxylic acids is 3. The summed E-state index contributed by atoms with van der Waals surface area (Å²) in [7, 11) is 0. The molecule has 3 saturated carbocycles. The molecule has 0 bridgehead atoms. The number of aliphatic hydroxyl groups is 2. The number of hydrogen-bond donors (Lipinski definition) is 2. The number of fused-ring (bicyclic) bond motifs is 5. The Bertz CT molecular complexity index is 884. The van der Waals surface area contributed by atoms with Gasteiger partial charge in [-0.3, -0.25) is 9.59 Å². The van der Waals surface area contributed by atoms with Crippen molar-refractivity contribution >= 4 is 17.7 Å². The molecule has 184 valence electrons. The summed E-state index contributed by atoms with van der Waals surface area (Å²) in [6.45, 7) is 7.68. The molecule has 0 aromatic heterocycles. The molecule has 0 unspecified atom stereocenters. The van der Waals surface area contributed by atoms with Crippen molar-refractivity contribution in [2.45, 2.75) is 96.9 Å². The standard InChI is InChI=1S/C26H38O7.Na/c1-14(2)33-23(31)21-20-16(24(3)9-5-15(27)13-18(24)22(21)30)6-10-25(4)17(20)7-11-26(25,32)12-8-19(28)29;/h13-14,16-17,20-22,30,32H,5-12H2,1-4H3,(H,28,29);/q;+1/p-1/t16-,17-,20+,21-,22-,24+,25-,26+;/m0./s1. The van der Waals surface area contributed by atoms with Gasteiger partial charge in [0, 0.05) is 12.4 Å². The van der Waals surface area contributed by atoms with E-state index in [1.807, 2.05) is 6.92 Å². The number of ether oxygens (including phenoxy) is 1. The molecule has 0 aromatic carbocycles. The molecule has 0 heterocycles. The van der Waals surface area contributed by atoms with Gasteiger partial charge in [0.2, 0.25) is 0 Å². The molecule has 0 spiro atoms. The van der Waals surface area contributed by atoms with Gasteiger partial charge in [-0.05, 0) is 99.0 Å². The Balaban J connectivity index is 0.00000324. The Morgan fingerprint density at radius 2 is 1.82 bits per heavy atom. The van der Waals surface area contributed by atoms with Gasteiger partial charge < -0.3 is 24.9 Å². The molecule has 4 aliphatic carbocycles. The Morgan fingerprint density at radius 1 is 1.18 bits per heavy atom. The van der Waals surface area contributed by atoms with Gasteiger partial charge in [0.15, 0.2) is 5.78 Å². The van der Waals surface area contributed by atoms with E-state index < -0.39 is 35.0 Å². The van der Waals surface area contributed by atoms with E-state index in [1.165, 1.54) is 0 Å². The van der Waals surface area contributed by atoms with Crippen LogP contribution in [0.5, 0.6) is 0 Å². The van der Waals surface area contributed by atoms with Crippen LogP contribution in [0.4, 0.5) is 0 Å². The van der Waals surface area contributed by atoms with Crippen LogP contribution >= 0.6 is 0 Å². The number of carbonyl (C=O) groups is 3. The fourth-order valence-electron chi connectivity index (χ4n) is 8.03. The number of rotatable bonds is 5. The van der Waals surface area contributed by atoms with Crippen LogP contribution < -0.4 is 34.7 Å². The van der Waals surface area contributed by atoms with E-state index >= 15 is 0 Å². The first-order valence-corrected chi connectivity index (χ1v) is 12.4. The van der Waals surface area contributed by atoms with E-state index in [0.717, 1.165) is 6.42 Å². The van der Waals surface area contributed by atoms with Crippen molar-refractivity contribution in [3.63, 3.8) is 0 Å². The molecule has 4 rings (SSSR count). The molecule has 0 saturated heterocycles. The molecule has 8 heteroatoms. The van der Waals surface area contributed by atoms with Crippen molar-refractivity contribution in [3.8, 4) is 0 Å². The second kappa shape index (κ2) is 9.62. The first-order chi connectivity index (χ1) is 15.3. The van der Waals surface area contributed by atoms with E-state index in [9.17, 15) is 29.7 Å². The van der Waals surface area contributed by atoms with Gasteiger partial charge in [-0.1, -0.05) is 13.8 Å². The second-order valence-corrected chi connectivity index (χ2v) is 11.6. The summed E-state index contributed by atoms with van der Waals surface area (Å²) >= 11 is 0.